The van der Waals surface area contributed by atoms with E-state index >= 15 is 0 Å². The van der Waals surface area contributed by atoms with Crippen LogP contribution in [0.5, 0.6) is 0 Å². The summed E-state index contributed by atoms with van der Waals surface area (Å²) in [5.41, 5.74) is 0. The van der Waals surface area contributed by atoms with Gasteiger partial charge in [-0.1, -0.05) is 96.8 Å². The molecule has 0 aliphatic rings. The third kappa shape index (κ3) is 17.5. The first-order valence-corrected chi connectivity index (χ1v) is 8.58. The van der Waals surface area contributed by atoms with Gasteiger partial charge in [-0.05, 0) is 6.42 Å². The topological polar surface area (TPSA) is 23.8 Å². The molecule has 111 valence electrons. The van der Waals surface area contributed by atoms with Crippen LogP contribution < -0.4 is 0 Å². The highest BCUT2D eigenvalue weighted by molar-refractivity contribution is 4.67. The van der Waals surface area contributed by atoms with Crippen molar-refractivity contribution in [3.05, 3.63) is 6.92 Å². The van der Waals surface area contributed by atoms with Gasteiger partial charge in [0.05, 0.1) is 6.07 Å². The van der Waals surface area contributed by atoms with Gasteiger partial charge in [-0.3, -0.25) is 0 Å². The monoisotopic (exact) mass is 264 g/mol. The molecule has 1 heteroatoms. The maximum atomic E-state index is 8.42. The second-order valence-corrected chi connectivity index (χ2v) is 5.71. The first-order valence-electron chi connectivity index (χ1n) is 8.58. The largest absolute Gasteiger partial charge is 0.198 e. The highest BCUT2D eigenvalue weighted by atomic mass is 14.2. The summed E-state index contributed by atoms with van der Waals surface area (Å²) in [7, 11) is 0. The molecule has 0 N–H and O–H groups in total. The van der Waals surface area contributed by atoms with Crippen LogP contribution in [0, 0.1) is 18.3 Å². The quantitative estimate of drug-likeness (QED) is 0.306. The van der Waals surface area contributed by atoms with Crippen LogP contribution in [0.1, 0.15) is 103 Å². The third-order valence-corrected chi connectivity index (χ3v) is 3.79. The van der Waals surface area contributed by atoms with Crippen LogP contribution in [-0.4, -0.2) is 0 Å². The van der Waals surface area contributed by atoms with Crippen LogP contribution >= 0.6 is 0 Å². The molecule has 0 aromatic rings. The summed E-state index contributed by atoms with van der Waals surface area (Å²) in [6, 6.07) is 2.21. The molecule has 0 aliphatic heterocycles. The Kier molecular flexibility index (Phi) is 17.0. The van der Waals surface area contributed by atoms with Crippen molar-refractivity contribution in [2.45, 2.75) is 103 Å². The molecule has 0 aromatic carbocycles. The Morgan fingerprint density at radius 2 is 0.842 bits per heavy atom. The van der Waals surface area contributed by atoms with Gasteiger partial charge < -0.3 is 0 Å². The van der Waals surface area contributed by atoms with E-state index in [1.54, 1.807) is 0 Å². The summed E-state index contributed by atoms with van der Waals surface area (Å²) >= 11 is 0. The second kappa shape index (κ2) is 17.5. The maximum absolute atomic E-state index is 8.42. The number of nitriles is 1. The minimum absolute atomic E-state index is 0.745. The van der Waals surface area contributed by atoms with Crippen molar-refractivity contribution in [2.24, 2.45) is 0 Å². The van der Waals surface area contributed by atoms with Crippen molar-refractivity contribution in [2.75, 3.05) is 0 Å². The Morgan fingerprint density at radius 3 is 1.16 bits per heavy atom. The Bertz CT molecular complexity index is 192. The molecule has 19 heavy (non-hydrogen) atoms. The molecule has 0 aliphatic carbocycles. The van der Waals surface area contributed by atoms with Gasteiger partial charge in [0.25, 0.3) is 0 Å². The maximum Gasteiger partial charge on any atom is 0.0621 e. The minimum atomic E-state index is 0.745. The van der Waals surface area contributed by atoms with Crippen molar-refractivity contribution < 1.29 is 0 Å². The lowest BCUT2D eigenvalue weighted by Crippen LogP contribution is -1.83. The van der Waals surface area contributed by atoms with Crippen LogP contribution in [-0.2, 0) is 0 Å². The van der Waals surface area contributed by atoms with Crippen molar-refractivity contribution in [3.8, 4) is 6.07 Å². The molecule has 0 unspecified atom stereocenters. The first-order chi connectivity index (χ1) is 9.41. The lowest BCUT2D eigenvalue weighted by atomic mass is 10.0. The van der Waals surface area contributed by atoms with Crippen LogP contribution in [0.15, 0.2) is 0 Å². The summed E-state index contributed by atoms with van der Waals surface area (Å²) in [6.07, 6.45) is 21.0. The summed E-state index contributed by atoms with van der Waals surface area (Å²) in [5, 5.41) is 8.42. The van der Waals surface area contributed by atoms with E-state index in [2.05, 4.69) is 13.0 Å². The van der Waals surface area contributed by atoms with Crippen LogP contribution in [0.2, 0.25) is 0 Å². The molecule has 0 spiro atoms. The molecule has 0 amide bonds. The number of nitrogens with zero attached hydrogens (tertiary/aromatic N) is 1. The molecular formula is C18H34N. The normalized spacial score (nSPS) is 10.5. The molecule has 1 radical (unpaired) electrons. The van der Waals surface area contributed by atoms with E-state index in [0.29, 0.717) is 0 Å². The van der Waals surface area contributed by atoms with Crippen molar-refractivity contribution in [1.82, 2.24) is 0 Å². The minimum Gasteiger partial charge on any atom is -0.198 e. The van der Waals surface area contributed by atoms with E-state index in [1.165, 1.54) is 83.5 Å². The third-order valence-electron chi connectivity index (χ3n) is 3.79. The predicted molar refractivity (Wildman–Crippen MR) is 84.8 cm³/mol. The van der Waals surface area contributed by atoms with Crippen molar-refractivity contribution in [3.63, 3.8) is 0 Å². The van der Waals surface area contributed by atoms with Crippen LogP contribution in [0.4, 0.5) is 0 Å². The second-order valence-electron chi connectivity index (χ2n) is 5.71. The summed E-state index contributed by atoms with van der Waals surface area (Å²) < 4.78 is 0. The van der Waals surface area contributed by atoms with Gasteiger partial charge in [-0.15, -0.1) is 0 Å². The Labute approximate surface area is 121 Å². The van der Waals surface area contributed by atoms with E-state index in [9.17, 15) is 0 Å². The zero-order valence-electron chi connectivity index (χ0n) is 13.0. The number of rotatable bonds is 15. The molecule has 0 saturated heterocycles. The Balaban J connectivity index is 2.90. The molecule has 0 bridgehead atoms. The molecule has 0 atom stereocenters. The van der Waals surface area contributed by atoms with Gasteiger partial charge in [0.2, 0.25) is 0 Å². The fourth-order valence-corrected chi connectivity index (χ4v) is 2.50. The Morgan fingerprint density at radius 1 is 0.526 bits per heavy atom. The number of unbranched alkanes of at least 4 members (excludes halogenated alkanes) is 15. The van der Waals surface area contributed by atoms with Gasteiger partial charge in [0, 0.05) is 6.42 Å². The molecule has 0 saturated carbocycles. The molecule has 0 heterocycles. The highest BCUT2D eigenvalue weighted by Crippen LogP contribution is 2.13. The lowest BCUT2D eigenvalue weighted by Gasteiger charge is -2.02. The van der Waals surface area contributed by atoms with Crippen molar-refractivity contribution in [1.29, 1.82) is 5.26 Å². The van der Waals surface area contributed by atoms with Crippen molar-refractivity contribution >= 4 is 0 Å². The lowest BCUT2D eigenvalue weighted by molar-refractivity contribution is 0.534. The number of hydrogen-bond donors (Lipinski definition) is 0. The van der Waals surface area contributed by atoms with E-state index < -0.39 is 0 Å². The van der Waals surface area contributed by atoms with Crippen LogP contribution in [0.3, 0.4) is 0 Å². The average molecular weight is 264 g/mol. The van der Waals surface area contributed by atoms with E-state index in [-0.39, 0.29) is 0 Å². The van der Waals surface area contributed by atoms with Gasteiger partial charge in [0.1, 0.15) is 0 Å². The molecule has 0 rings (SSSR count). The summed E-state index contributed by atoms with van der Waals surface area (Å²) in [5.74, 6) is 0. The molecule has 0 fully saturated rings. The predicted octanol–water partition coefficient (Wildman–Crippen LogP) is 6.59. The standard InChI is InChI=1S/C18H34N/c1-2-3-4-5-6-7-8-9-10-11-12-13-14-15-16-17-18-19/h1-17H2. The van der Waals surface area contributed by atoms with E-state index in [4.69, 9.17) is 5.26 Å². The van der Waals surface area contributed by atoms with E-state index in [1.807, 2.05) is 0 Å². The van der Waals surface area contributed by atoms with E-state index in [0.717, 1.165) is 19.3 Å². The zero-order valence-corrected chi connectivity index (χ0v) is 13.0. The highest BCUT2D eigenvalue weighted by Gasteiger charge is 1.94. The zero-order chi connectivity index (χ0) is 14.0. The fraction of sp³-hybridized carbons (Fsp3) is 0.889. The SMILES string of the molecule is [CH2]CCCCCCCCCCCCCCCCC#N. The summed E-state index contributed by atoms with van der Waals surface area (Å²) in [6.45, 7) is 3.87. The molecule has 1 nitrogen and oxygen atoms in total. The van der Waals surface area contributed by atoms with Gasteiger partial charge in [0.15, 0.2) is 0 Å². The van der Waals surface area contributed by atoms with Gasteiger partial charge in [-0.2, -0.15) is 5.26 Å². The van der Waals surface area contributed by atoms with Crippen LogP contribution in [0.25, 0.3) is 0 Å². The molecular weight excluding hydrogens is 230 g/mol. The fourth-order valence-electron chi connectivity index (χ4n) is 2.50. The van der Waals surface area contributed by atoms with Gasteiger partial charge >= 0.3 is 0 Å². The number of hydrogen-bond acceptors (Lipinski definition) is 1. The Hall–Kier alpha value is -0.510. The molecule has 0 aromatic heterocycles. The van der Waals surface area contributed by atoms with Gasteiger partial charge in [-0.25, -0.2) is 0 Å². The average Bonchev–Trinajstić information content (AvgIpc) is 2.43. The smallest absolute Gasteiger partial charge is 0.0621 e. The first kappa shape index (κ1) is 18.5. The summed E-state index contributed by atoms with van der Waals surface area (Å²) in [4.78, 5) is 0.